The topological polar surface area (TPSA) is 32.7 Å². The number of methoxy groups -OCH3 is 1. The summed E-state index contributed by atoms with van der Waals surface area (Å²) in [6.07, 6.45) is 1.72. The fourth-order valence-electron chi connectivity index (χ4n) is 2.97. The van der Waals surface area contributed by atoms with E-state index >= 15 is 0 Å². The number of phenols is 1. The number of nitrogens with zero attached hydrogens (tertiary/aromatic N) is 1. The van der Waals surface area contributed by atoms with Gasteiger partial charge < -0.3 is 9.84 Å². The van der Waals surface area contributed by atoms with Crippen LogP contribution < -0.4 is 4.74 Å². The van der Waals surface area contributed by atoms with Crippen molar-refractivity contribution in [2.24, 2.45) is 0 Å². The first-order valence-corrected chi connectivity index (χ1v) is 7.52. The van der Waals surface area contributed by atoms with Crippen LogP contribution in [0.3, 0.4) is 0 Å². The Labute approximate surface area is 130 Å². The lowest BCUT2D eigenvalue weighted by atomic mass is 9.97. The van der Waals surface area contributed by atoms with Gasteiger partial charge in [-0.15, -0.1) is 0 Å². The van der Waals surface area contributed by atoms with Gasteiger partial charge in [0.15, 0.2) is 11.5 Å². The molecule has 0 saturated carbocycles. The molecule has 1 aliphatic rings. The second-order valence-electron chi connectivity index (χ2n) is 5.66. The Bertz CT molecular complexity index is 655. The Morgan fingerprint density at radius 1 is 1.18 bits per heavy atom. The van der Waals surface area contributed by atoms with Crippen LogP contribution in [0.4, 0.5) is 4.39 Å². The van der Waals surface area contributed by atoms with Gasteiger partial charge in [0.05, 0.1) is 7.11 Å². The summed E-state index contributed by atoms with van der Waals surface area (Å²) in [6.45, 7) is 2.67. The van der Waals surface area contributed by atoms with Gasteiger partial charge in [-0.05, 0) is 42.2 Å². The highest BCUT2D eigenvalue weighted by Crippen LogP contribution is 2.35. The van der Waals surface area contributed by atoms with Gasteiger partial charge in [0, 0.05) is 25.2 Å². The van der Waals surface area contributed by atoms with Crippen LogP contribution in [0.1, 0.15) is 16.7 Å². The molecule has 0 bridgehead atoms. The third kappa shape index (κ3) is 3.07. The second-order valence-corrected chi connectivity index (χ2v) is 5.66. The number of aromatic hydroxyl groups is 1. The predicted octanol–water partition coefficient (Wildman–Crippen LogP) is 3.14. The minimum absolute atomic E-state index is 0.194. The van der Waals surface area contributed by atoms with E-state index < -0.39 is 0 Å². The van der Waals surface area contributed by atoms with E-state index in [0.717, 1.165) is 49.2 Å². The van der Waals surface area contributed by atoms with Gasteiger partial charge in [-0.25, -0.2) is 4.39 Å². The lowest BCUT2D eigenvalue weighted by Gasteiger charge is -2.29. The lowest BCUT2D eigenvalue weighted by molar-refractivity contribution is 0.253. The number of phenolic OH excluding ortho intramolecular Hbond substituents is 1. The van der Waals surface area contributed by atoms with Crippen molar-refractivity contribution in [2.45, 2.75) is 19.4 Å². The molecule has 0 spiro atoms. The average molecular weight is 301 g/mol. The molecule has 0 unspecified atom stereocenters. The minimum atomic E-state index is -0.194. The molecular formula is C18H20FNO2. The average Bonchev–Trinajstić information content (AvgIpc) is 2.55. The van der Waals surface area contributed by atoms with E-state index in [4.69, 9.17) is 4.74 Å². The Morgan fingerprint density at radius 2 is 1.95 bits per heavy atom. The molecule has 116 valence electrons. The van der Waals surface area contributed by atoms with Crippen molar-refractivity contribution in [3.8, 4) is 11.5 Å². The molecule has 3 nitrogen and oxygen atoms in total. The van der Waals surface area contributed by atoms with Crippen molar-refractivity contribution in [1.29, 1.82) is 0 Å². The molecular weight excluding hydrogens is 281 g/mol. The van der Waals surface area contributed by atoms with E-state index in [2.05, 4.69) is 4.90 Å². The van der Waals surface area contributed by atoms with Crippen LogP contribution >= 0.6 is 0 Å². The molecule has 1 heterocycles. The highest BCUT2D eigenvalue weighted by atomic mass is 19.1. The van der Waals surface area contributed by atoms with Crippen LogP contribution in [0, 0.1) is 5.82 Å². The van der Waals surface area contributed by atoms with Gasteiger partial charge in [0.25, 0.3) is 0 Å². The van der Waals surface area contributed by atoms with Crippen molar-refractivity contribution in [1.82, 2.24) is 4.90 Å². The normalized spacial score (nSPS) is 14.6. The molecule has 0 aliphatic carbocycles. The van der Waals surface area contributed by atoms with Crippen LogP contribution in [0.15, 0.2) is 36.4 Å². The van der Waals surface area contributed by atoms with Gasteiger partial charge in [0.2, 0.25) is 0 Å². The number of hydrogen-bond acceptors (Lipinski definition) is 3. The Kier molecular flexibility index (Phi) is 4.29. The molecule has 0 saturated heterocycles. The molecule has 2 aromatic carbocycles. The summed E-state index contributed by atoms with van der Waals surface area (Å²) in [7, 11) is 1.57. The SMILES string of the molecule is COc1ccc2c(c1O)CCN(CCc1ccc(F)cc1)C2. The molecule has 2 aromatic rings. The lowest BCUT2D eigenvalue weighted by Crippen LogP contribution is -2.32. The monoisotopic (exact) mass is 301 g/mol. The van der Waals surface area contributed by atoms with E-state index in [1.807, 2.05) is 24.3 Å². The molecule has 3 rings (SSSR count). The first kappa shape index (κ1) is 14.9. The zero-order valence-corrected chi connectivity index (χ0v) is 12.7. The summed E-state index contributed by atoms with van der Waals surface area (Å²) in [5, 5.41) is 10.2. The first-order chi connectivity index (χ1) is 10.7. The molecule has 4 heteroatoms. The van der Waals surface area contributed by atoms with Crippen molar-refractivity contribution >= 4 is 0 Å². The number of halogens is 1. The van der Waals surface area contributed by atoms with E-state index in [0.29, 0.717) is 5.75 Å². The molecule has 22 heavy (non-hydrogen) atoms. The Balaban J connectivity index is 1.64. The highest BCUT2D eigenvalue weighted by Gasteiger charge is 2.20. The molecule has 0 amide bonds. The molecule has 0 radical (unpaired) electrons. The van der Waals surface area contributed by atoms with Crippen LogP contribution in [-0.2, 0) is 19.4 Å². The maximum atomic E-state index is 12.9. The number of rotatable bonds is 4. The third-order valence-corrected chi connectivity index (χ3v) is 4.26. The zero-order chi connectivity index (χ0) is 15.5. The number of hydrogen-bond donors (Lipinski definition) is 1. The van der Waals surface area contributed by atoms with Crippen LogP contribution in [0.2, 0.25) is 0 Å². The summed E-state index contributed by atoms with van der Waals surface area (Å²) in [5.74, 6) is 0.622. The van der Waals surface area contributed by atoms with E-state index in [1.165, 1.54) is 12.1 Å². The van der Waals surface area contributed by atoms with Crippen molar-refractivity contribution in [3.05, 3.63) is 58.9 Å². The molecule has 0 atom stereocenters. The largest absolute Gasteiger partial charge is 0.504 e. The van der Waals surface area contributed by atoms with E-state index in [1.54, 1.807) is 7.11 Å². The fraction of sp³-hybridized carbons (Fsp3) is 0.333. The van der Waals surface area contributed by atoms with Crippen molar-refractivity contribution in [2.75, 3.05) is 20.2 Å². The van der Waals surface area contributed by atoms with Gasteiger partial charge in [-0.3, -0.25) is 4.90 Å². The maximum Gasteiger partial charge on any atom is 0.161 e. The van der Waals surface area contributed by atoms with Gasteiger partial charge in [-0.1, -0.05) is 18.2 Å². The van der Waals surface area contributed by atoms with Gasteiger partial charge in [0.1, 0.15) is 5.82 Å². The maximum absolute atomic E-state index is 12.9. The van der Waals surface area contributed by atoms with Gasteiger partial charge >= 0.3 is 0 Å². The fourth-order valence-corrected chi connectivity index (χ4v) is 2.97. The van der Waals surface area contributed by atoms with Gasteiger partial charge in [-0.2, -0.15) is 0 Å². The van der Waals surface area contributed by atoms with Crippen LogP contribution in [-0.4, -0.2) is 30.2 Å². The summed E-state index contributed by atoms with van der Waals surface area (Å²) in [6, 6.07) is 10.5. The van der Waals surface area contributed by atoms with Crippen molar-refractivity contribution < 1.29 is 14.2 Å². The number of fused-ring (bicyclic) bond motifs is 1. The standard InChI is InChI=1S/C18H20FNO2/c1-22-17-7-4-14-12-20(11-9-16(14)18(17)21)10-8-13-2-5-15(19)6-3-13/h2-7,21H,8-12H2,1H3. The van der Waals surface area contributed by atoms with E-state index in [-0.39, 0.29) is 11.6 Å². The molecule has 1 aliphatic heterocycles. The summed E-state index contributed by atoms with van der Waals surface area (Å²) < 4.78 is 18.1. The summed E-state index contributed by atoms with van der Waals surface area (Å²) in [5.41, 5.74) is 3.30. The van der Waals surface area contributed by atoms with Crippen molar-refractivity contribution in [3.63, 3.8) is 0 Å². The quantitative estimate of drug-likeness (QED) is 0.941. The number of benzene rings is 2. The zero-order valence-electron chi connectivity index (χ0n) is 12.7. The van der Waals surface area contributed by atoms with Crippen LogP contribution in [0.5, 0.6) is 11.5 Å². The smallest absolute Gasteiger partial charge is 0.161 e. The Morgan fingerprint density at radius 3 is 2.68 bits per heavy atom. The number of ether oxygens (including phenoxy) is 1. The summed E-state index contributed by atoms with van der Waals surface area (Å²) >= 11 is 0. The van der Waals surface area contributed by atoms with E-state index in [9.17, 15) is 9.50 Å². The summed E-state index contributed by atoms with van der Waals surface area (Å²) in [4.78, 5) is 2.36. The minimum Gasteiger partial charge on any atom is -0.504 e. The second kappa shape index (κ2) is 6.36. The third-order valence-electron chi connectivity index (χ3n) is 4.26. The Hall–Kier alpha value is -2.07. The molecule has 0 aromatic heterocycles. The van der Waals surface area contributed by atoms with Crippen LogP contribution in [0.25, 0.3) is 0 Å². The highest BCUT2D eigenvalue weighted by molar-refractivity contribution is 5.50. The first-order valence-electron chi connectivity index (χ1n) is 7.52. The predicted molar refractivity (Wildman–Crippen MR) is 83.7 cm³/mol. The molecule has 1 N–H and O–H groups in total. The molecule has 0 fully saturated rings.